The Labute approximate surface area is 179 Å². The van der Waals surface area contributed by atoms with E-state index in [0.717, 1.165) is 11.3 Å². The average molecular weight is 424 g/mol. The van der Waals surface area contributed by atoms with Crippen molar-refractivity contribution in [3.8, 4) is 5.69 Å². The van der Waals surface area contributed by atoms with Gasteiger partial charge >= 0.3 is 0 Å². The molecule has 0 saturated carbocycles. The largest absolute Gasteiger partial charge is 0.459 e. The summed E-state index contributed by atoms with van der Waals surface area (Å²) >= 11 is 0. The lowest BCUT2D eigenvalue weighted by atomic mass is 10.0. The molecule has 1 aromatic carbocycles. The van der Waals surface area contributed by atoms with Gasteiger partial charge in [0.15, 0.2) is 5.76 Å². The third-order valence-electron chi connectivity index (χ3n) is 5.69. The van der Waals surface area contributed by atoms with Crippen molar-refractivity contribution in [3.05, 3.63) is 71.2 Å². The maximum atomic E-state index is 13.2. The zero-order valence-electron chi connectivity index (χ0n) is 17.6. The highest BCUT2D eigenvalue weighted by Crippen LogP contribution is 2.21. The van der Waals surface area contributed by atoms with E-state index < -0.39 is 0 Å². The molecule has 8 heteroatoms. The number of hydrogen-bond acceptors (Lipinski definition) is 4. The maximum absolute atomic E-state index is 13.2. The molecule has 3 aromatic rings. The first-order valence-electron chi connectivity index (χ1n) is 10.4. The number of benzene rings is 1. The van der Waals surface area contributed by atoms with Crippen LogP contribution in [0.4, 0.5) is 4.39 Å². The van der Waals surface area contributed by atoms with Crippen LogP contribution in [-0.4, -0.2) is 45.6 Å². The zero-order chi connectivity index (χ0) is 22.0. The Bertz CT molecular complexity index is 1080. The van der Waals surface area contributed by atoms with E-state index in [4.69, 9.17) is 4.42 Å². The summed E-state index contributed by atoms with van der Waals surface area (Å²) in [5.41, 5.74) is 2.86. The molecule has 0 aliphatic carbocycles. The lowest BCUT2D eigenvalue weighted by Crippen LogP contribution is -2.46. The van der Waals surface area contributed by atoms with Gasteiger partial charge in [-0.05, 0) is 56.5 Å². The van der Waals surface area contributed by atoms with Gasteiger partial charge in [0, 0.05) is 24.7 Å². The molecule has 2 aromatic heterocycles. The van der Waals surface area contributed by atoms with Crippen LogP contribution in [0.15, 0.2) is 47.2 Å². The second-order valence-electron chi connectivity index (χ2n) is 7.72. The first kappa shape index (κ1) is 20.8. The van der Waals surface area contributed by atoms with Gasteiger partial charge in [0.2, 0.25) is 0 Å². The van der Waals surface area contributed by atoms with Crippen molar-refractivity contribution in [2.45, 2.75) is 39.2 Å². The number of hydrogen-bond donors (Lipinski definition) is 1. The van der Waals surface area contributed by atoms with E-state index in [2.05, 4.69) is 10.4 Å². The number of likely N-dealkylation sites (tertiary alicyclic amines) is 1. The van der Waals surface area contributed by atoms with Gasteiger partial charge in [0.05, 0.1) is 29.4 Å². The predicted octanol–water partition coefficient (Wildman–Crippen LogP) is 3.51. The number of amides is 2. The highest BCUT2D eigenvalue weighted by Gasteiger charge is 2.28. The summed E-state index contributed by atoms with van der Waals surface area (Å²) in [4.78, 5) is 27.3. The first-order valence-corrected chi connectivity index (χ1v) is 10.4. The number of aromatic nitrogens is 2. The summed E-state index contributed by atoms with van der Waals surface area (Å²) < 4.78 is 20.2. The van der Waals surface area contributed by atoms with Crippen molar-refractivity contribution in [3.63, 3.8) is 0 Å². The van der Waals surface area contributed by atoms with Gasteiger partial charge < -0.3 is 14.6 Å². The molecule has 0 unspecified atom stereocenters. The molecule has 0 atom stereocenters. The van der Waals surface area contributed by atoms with Crippen LogP contribution in [0.3, 0.4) is 0 Å². The van der Waals surface area contributed by atoms with Crippen molar-refractivity contribution < 1.29 is 18.4 Å². The van der Waals surface area contributed by atoms with Crippen LogP contribution in [0.25, 0.3) is 5.69 Å². The number of nitrogens with one attached hydrogen (secondary N) is 1. The number of rotatable bonds is 5. The fourth-order valence-electron chi connectivity index (χ4n) is 3.95. The maximum Gasteiger partial charge on any atom is 0.287 e. The minimum Gasteiger partial charge on any atom is -0.459 e. The Morgan fingerprint density at radius 1 is 1.19 bits per heavy atom. The highest BCUT2D eigenvalue weighted by molar-refractivity contribution is 5.95. The molecule has 31 heavy (non-hydrogen) atoms. The van der Waals surface area contributed by atoms with Crippen LogP contribution in [0.2, 0.25) is 0 Å². The number of carbonyl (C=O) groups excluding carboxylic acids is 2. The van der Waals surface area contributed by atoms with E-state index in [1.165, 1.54) is 18.4 Å². The van der Waals surface area contributed by atoms with Crippen molar-refractivity contribution >= 4 is 11.8 Å². The fraction of sp³-hybridized carbons (Fsp3) is 0.348. The molecule has 2 amide bonds. The van der Waals surface area contributed by atoms with Gasteiger partial charge in [0.1, 0.15) is 5.82 Å². The first-order chi connectivity index (χ1) is 15.0. The smallest absolute Gasteiger partial charge is 0.287 e. The van der Waals surface area contributed by atoms with E-state index in [0.29, 0.717) is 49.4 Å². The molecule has 0 radical (unpaired) electrons. The summed E-state index contributed by atoms with van der Waals surface area (Å²) in [6.45, 7) is 4.89. The zero-order valence-corrected chi connectivity index (χ0v) is 17.6. The van der Waals surface area contributed by atoms with E-state index >= 15 is 0 Å². The van der Waals surface area contributed by atoms with Gasteiger partial charge in [-0.25, -0.2) is 9.07 Å². The van der Waals surface area contributed by atoms with Crippen LogP contribution in [0.5, 0.6) is 0 Å². The summed E-state index contributed by atoms with van der Waals surface area (Å²) in [7, 11) is 0. The molecule has 0 spiro atoms. The van der Waals surface area contributed by atoms with Gasteiger partial charge in [-0.15, -0.1) is 0 Å². The fourth-order valence-corrected chi connectivity index (χ4v) is 3.95. The van der Waals surface area contributed by atoms with Crippen LogP contribution < -0.4 is 5.32 Å². The number of piperidine rings is 1. The number of aryl methyl sites for hydroxylation is 1. The summed E-state index contributed by atoms with van der Waals surface area (Å²) in [5, 5.41) is 7.37. The quantitative estimate of drug-likeness (QED) is 0.680. The van der Waals surface area contributed by atoms with Crippen molar-refractivity contribution in [1.82, 2.24) is 20.0 Å². The minimum absolute atomic E-state index is 0.00589. The molecule has 0 bridgehead atoms. The summed E-state index contributed by atoms with van der Waals surface area (Å²) in [6, 6.07) is 7.79. The molecule has 3 heterocycles. The second kappa shape index (κ2) is 8.75. The third-order valence-corrected chi connectivity index (χ3v) is 5.69. The van der Waals surface area contributed by atoms with Gasteiger partial charge in [0.25, 0.3) is 11.8 Å². The van der Waals surface area contributed by atoms with E-state index in [9.17, 15) is 14.0 Å². The van der Waals surface area contributed by atoms with Crippen molar-refractivity contribution in [1.29, 1.82) is 0 Å². The van der Waals surface area contributed by atoms with E-state index in [1.54, 1.807) is 34.0 Å². The Morgan fingerprint density at radius 3 is 2.52 bits per heavy atom. The Morgan fingerprint density at radius 2 is 1.90 bits per heavy atom. The van der Waals surface area contributed by atoms with Gasteiger partial charge in [-0.1, -0.05) is 6.92 Å². The Hall–Kier alpha value is -3.42. The van der Waals surface area contributed by atoms with Crippen LogP contribution in [0.1, 0.15) is 51.9 Å². The van der Waals surface area contributed by atoms with Crippen LogP contribution in [0, 0.1) is 12.7 Å². The summed E-state index contributed by atoms with van der Waals surface area (Å²) in [6.07, 6.45) is 5.05. The van der Waals surface area contributed by atoms with E-state index in [-0.39, 0.29) is 23.7 Å². The molecule has 1 N–H and O–H groups in total. The number of halogens is 1. The van der Waals surface area contributed by atoms with Crippen LogP contribution >= 0.6 is 0 Å². The van der Waals surface area contributed by atoms with Crippen LogP contribution in [-0.2, 0) is 6.42 Å². The monoisotopic (exact) mass is 424 g/mol. The molecule has 7 nitrogen and oxygen atoms in total. The lowest BCUT2D eigenvalue weighted by Gasteiger charge is -2.32. The average Bonchev–Trinajstić information content (AvgIpc) is 3.40. The molecule has 162 valence electrons. The molecule has 1 aliphatic heterocycles. The predicted molar refractivity (Wildman–Crippen MR) is 113 cm³/mol. The normalized spacial score (nSPS) is 14.6. The number of nitrogens with zero attached hydrogens (tertiary/aromatic N) is 3. The highest BCUT2D eigenvalue weighted by atomic mass is 19.1. The number of carbonyl (C=O) groups is 2. The molecular weight excluding hydrogens is 399 g/mol. The molecule has 1 fully saturated rings. The molecule has 1 aliphatic rings. The van der Waals surface area contributed by atoms with Crippen molar-refractivity contribution in [2.24, 2.45) is 0 Å². The standard InChI is InChI=1S/C23H25FN4O3/c1-3-20-19(14-25-28(20)18-6-4-16(24)5-7-18)23(30)27-11-8-17(9-12-27)26-22(29)21-15(2)10-13-31-21/h4-7,10,13-14,17H,3,8-9,11-12H2,1-2H3,(H,26,29). The van der Waals surface area contributed by atoms with E-state index in [1.807, 2.05) is 13.8 Å². The SMILES string of the molecule is CCc1c(C(=O)N2CCC(NC(=O)c3occc3C)CC2)cnn1-c1ccc(F)cc1. The minimum atomic E-state index is -0.317. The van der Waals surface area contributed by atoms with Gasteiger partial charge in [-0.3, -0.25) is 9.59 Å². The second-order valence-corrected chi connectivity index (χ2v) is 7.72. The molecule has 4 rings (SSSR count). The van der Waals surface area contributed by atoms with Crippen molar-refractivity contribution in [2.75, 3.05) is 13.1 Å². The third kappa shape index (κ3) is 4.23. The molecule has 1 saturated heterocycles. The van der Waals surface area contributed by atoms with Gasteiger partial charge in [-0.2, -0.15) is 5.10 Å². The lowest BCUT2D eigenvalue weighted by molar-refractivity contribution is 0.0694. The molecular formula is C23H25FN4O3. The topological polar surface area (TPSA) is 80.4 Å². The Balaban J connectivity index is 1.41. The number of furan rings is 1. The summed E-state index contributed by atoms with van der Waals surface area (Å²) in [5.74, 6) is -0.278. The Kier molecular flexibility index (Phi) is 5.88.